The predicted molar refractivity (Wildman–Crippen MR) is 78.2 cm³/mol. The van der Waals surface area contributed by atoms with E-state index in [0.29, 0.717) is 24.2 Å². The van der Waals surface area contributed by atoms with Crippen molar-refractivity contribution < 1.29 is 4.74 Å². The van der Waals surface area contributed by atoms with Crippen molar-refractivity contribution in [3.8, 4) is 11.6 Å². The van der Waals surface area contributed by atoms with Crippen molar-refractivity contribution in [1.29, 1.82) is 0 Å². The molecule has 0 saturated heterocycles. The highest BCUT2D eigenvalue weighted by molar-refractivity contribution is 9.10. The summed E-state index contributed by atoms with van der Waals surface area (Å²) in [4.78, 5) is 8.34. The molecular weight excluding hydrogens is 306 g/mol. The predicted octanol–water partition coefficient (Wildman–Crippen LogP) is 3.53. The number of ether oxygens (including phenoxy) is 1. The van der Waals surface area contributed by atoms with E-state index in [-0.39, 0.29) is 0 Å². The number of halogens is 1. The Morgan fingerprint density at radius 2 is 2.21 bits per heavy atom. The molecule has 5 heteroatoms. The first-order valence-electron chi connectivity index (χ1n) is 6.11. The van der Waals surface area contributed by atoms with Gasteiger partial charge in [0.05, 0.1) is 6.20 Å². The van der Waals surface area contributed by atoms with Gasteiger partial charge in [-0.05, 0) is 34.1 Å². The molecule has 0 fully saturated rings. The first kappa shape index (κ1) is 14.0. The van der Waals surface area contributed by atoms with E-state index in [4.69, 9.17) is 4.74 Å². The van der Waals surface area contributed by atoms with Crippen LogP contribution in [0, 0.1) is 0 Å². The molecule has 0 unspecified atom stereocenters. The Labute approximate surface area is 121 Å². The van der Waals surface area contributed by atoms with Crippen molar-refractivity contribution in [2.45, 2.75) is 26.4 Å². The average Bonchev–Trinajstić information content (AvgIpc) is 2.40. The maximum absolute atomic E-state index is 5.76. The van der Waals surface area contributed by atoms with Gasteiger partial charge >= 0.3 is 0 Å². The van der Waals surface area contributed by atoms with Gasteiger partial charge in [-0.2, -0.15) is 0 Å². The van der Waals surface area contributed by atoms with Crippen molar-refractivity contribution in [2.24, 2.45) is 0 Å². The maximum Gasteiger partial charge on any atom is 0.223 e. The van der Waals surface area contributed by atoms with Crippen molar-refractivity contribution in [3.05, 3.63) is 46.8 Å². The molecule has 1 N–H and O–H groups in total. The van der Waals surface area contributed by atoms with Crippen LogP contribution in [0.5, 0.6) is 11.6 Å². The van der Waals surface area contributed by atoms with Gasteiger partial charge in [0.2, 0.25) is 5.88 Å². The summed E-state index contributed by atoms with van der Waals surface area (Å²) in [5.74, 6) is 1.28. The molecule has 100 valence electrons. The normalized spacial score (nSPS) is 10.7. The Morgan fingerprint density at radius 1 is 1.37 bits per heavy atom. The number of hydrogen-bond acceptors (Lipinski definition) is 4. The van der Waals surface area contributed by atoms with Gasteiger partial charge in [0.1, 0.15) is 5.75 Å². The monoisotopic (exact) mass is 321 g/mol. The number of aromatic nitrogens is 2. The number of hydrogen-bond donors (Lipinski definition) is 1. The van der Waals surface area contributed by atoms with Crippen molar-refractivity contribution in [3.63, 3.8) is 0 Å². The number of nitrogens with zero attached hydrogens (tertiary/aromatic N) is 2. The van der Waals surface area contributed by atoms with Crippen LogP contribution in [-0.2, 0) is 6.54 Å². The Kier molecular flexibility index (Phi) is 4.87. The summed E-state index contributed by atoms with van der Waals surface area (Å²) in [5.41, 5.74) is 1.01. The van der Waals surface area contributed by atoms with Gasteiger partial charge in [-0.15, -0.1) is 0 Å². The summed E-state index contributed by atoms with van der Waals surface area (Å²) >= 11 is 3.43. The lowest BCUT2D eigenvalue weighted by Crippen LogP contribution is -2.22. The van der Waals surface area contributed by atoms with Gasteiger partial charge in [-0.1, -0.05) is 13.8 Å². The zero-order valence-corrected chi connectivity index (χ0v) is 12.5. The van der Waals surface area contributed by atoms with E-state index in [0.717, 1.165) is 10.0 Å². The molecule has 2 aromatic heterocycles. The van der Waals surface area contributed by atoms with E-state index in [1.165, 1.54) is 0 Å². The zero-order chi connectivity index (χ0) is 13.7. The molecule has 0 amide bonds. The number of rotatable bonds is 5. The van der Waals surface area contributed by atoms with Gasteiger partial charge in [0, 0.05) is 35.0 Å². The van der Waals surface area contributed by atoms with Crippen molar-refractivity contribution in [2.75, 3.05) is 0 Å². The fourth-order valence-corrected chi connectivity index (χ4v) is 1.90. The third-order valence-corrected chi connectivity index (χ3v) is 2.88. The molecule has 4 nitrogen and oxygen atoms in total. The van der Waals surface area contributed by atoms with E-state index >= 15 is 0 Å². The van der Waals surface area contributed by atoms with Gasteiger partial charge in [-0.3, -0.25) is 4.98 Å². The SMILES string of the molecule is CC(C)NCc1cc(Br)cnc1Oc1cccnc1. The van der Waals surface area contributed by atoms with E-state index in [9.17, 15) is 0 Å². The Bertz CT molecular complexity index is 531. The molecule has 0 aliphatic rings. The number of nitrogens with one attached hydrogen (secondary N) is 1. The van der Waals surface area contributed by atoms with E-state index < -0.39 is 0 Å². The van der Waals surface area contributed by atoms with Gasteiger partial charge in [0.25, 0.3) is 0 Å². The fraction of sp³-hybridized carbons (Fsp3) is 0.286. The lowest BCUT2D eigenvalue weighted by molar-refractivity contribution is 0.448. The second-order valence-electron chi connectivity index (χ2n) is 4.44. The van der Waals surface area contributed by atoms with E-state index in [1.807, 2.05) is 18.2 Å². The summed E-state index contributed by atoms with van der Waals surface area (Å²) in [7, 11) is 0. The first-order valence-corrected chi connectivity index (χ1v) is 6.90. The van der Waals surface area contributed by atoms with Crippen LogP contribution in [0.15, 0.2) is 41.3 Å². The average molecular weight is 322 g/mol. The van der Waals surface area contributed by atoms with Crippen molar-refractivity contribution in [1.82, 2.24) is 15.3 Å². The third-order valence-electron chi connectivity index (χ3n) is 2.44. The maximum atomic E-state index is 5.76. The van der Waals surface area contributed by atoms with Crippen molar-refractivity contribution >= 4 is 15.9 Å². The topological polar surface area (TPSA) is 47.0 Å². The minimum atomic E-state index is 0.408. The minimum Gasteiger partial charge on any atom is -0.437 e. The molecular formula is C14H16BrN3O. The highest BCUT2D eigenvalue weighted by Gasteiger charge is 2.08. The molecule has 0 aromatic carbocycles. The molecule has 0 saturated carbocycles. The van der Waals surface area contributed by atoms with Crippen LogP contribution in [-0.4, -0.2) is 16.0 Å². The molecule has 0 aliphatic heterocycles. The van der Waals surface area contributed by atoms with Gasteiger partial charge in [0.15, 0.2) is 0 Å². The standard InChI is InChI=1S/C14H16BrN3O/c1-10(2)17-7-11-6-12(15)8-18-14(11)19-13-4-3-5-16-9-13/h3-6,8-10,17H,7H2,1-2H3. The Hall–Kier alpha value is -1.46. The van der Waals surface area contributed by atoms with Crippen LogP contribution in [0.3, 0.4) is 0 Å². The van der Waals surface area contributed by atoms with E-state index in [1.54, 1.807) is 18.6 Å². The van der Waals surface area contributed by atoms with Crippen LogP contribution in [0.1, 0.15) is 19.4 Å². The van der Waals surface area contributed by atoms with Gasteiger partial charge in [-0.25, -0.2) is 4.98 Å². The summed E-state index contributed by atoms with van der Waals surface area (Å²) in [6.45, 7) is 4.92. The molecule has 0 spiro atoms. The molecule has 0 radical (unpaired) electrons. The number of pyridine rings is 2. The van der Waals surface area contributed by atoms with E-state index in [2.05, 4.69) is 45.1 Å². The third kappa shape index (κ3) is 4.29. The lowest BCUT2D eigenvalue weighted by atomic mass is 10.2. The van der Waals surface area contributed by atoms with Crippen LogP contribution >= 0.6 is 15.9 Å². The van der Waals surface area contributed by atoms with Crippen LogP contribution in [0.25, 0.3) is 0 Å². The van der Waals surface area contributed by atoms with Crippen LogP contribution < -0.4 is 10.1 Å². The highest BCUT2D eigenvalue weighted by Crippen LogP contribution is 2.24. The zero-order valence-electron chi connectivity index (χ0n) is 10.9. The quantitative estimate of drug-likeness (QED) is 0.915. The second kappa shape index (κ2) is 6.63. The lowest BCUT2D eigenvalue weighted by Gasteiger charge is -2.12. The minimum absolute atomic E-state index is 0.408. The second-order valence-corrected chi connectivity index (χ2v) is 5.36. The Balaban J connectivity index is 2.19. The Morgan fingerprint density at radius 3 is 2.89 bits per heavy atom. The van der Waals surface area contributed by atoms with Crippen LogP contribution in [0.2, 0.25) is 0 Å². The van der Waals surface area contributed by atoms with Gasteiger partial charge < -0.3 is 10.1 Å². The molecule has 2 heterocycles. The summed E-state index contributed by atoms with van der Waals surface area (Å²) in [6.07, 6.45) is 5.11. The smallest absolute Gasteiger partial charge is 0.223 e. The highest BCUT2D eigenvalue weighted by atomic mass is 79.9. The summed E-state index contributed by atoms with van der Waals surface area (Å²) < 4.78 is 6.70. The molecule has 19 heavy (non-hydrogen) atoms. The summed E-state index contributed by atoms with van der Waals surface area (Å²) in [5, 5.41) is 3.36. The largest absolute Gasteiger partial charge is 0.437 e. The molecule has 0 atom stereocenters. The molecule has 0 bridgehead atoms. The molecule has 2 rings (SSSR count). The fourth-order valence-electron chi connectivity index (χ4n) is 1.52. The first-order chi connectivity index (χ1) is 9.15. The molecule has 0 aliphatic carbocycles. The molecule has 2 aromatic rings. The van der Waals surface area contributed by atoms with Crippen LogP contribution in [0.4, 0.5) is 0 Å². The summed E-state index contributed by atoms with van der Waals surface area (Å²) in [6, 6.07) is 6.11.